The molecule has 0 heterocycles. The number of aliphatic hydroxyl groups excluding tert-OH is 5. The van der Waals surface area contributed by atoms with Crippen molar-refractivity contribution in [2.24, 2.45) is 0 Å². The average molecular weight is 432 g/mol. The van der Waals surface area contributed by atoms with Crippen molar-refractivity contribution in [3.8, 4) is 0 Å². The fourth-order valence-corrected chi connectivity index (χ4v) is 3.25. The molecule has 0 aromatic carbocycles. The molecule has 14 heteroatoms. The van der Waals surface area contributed by atoms with E-state index in [2.05, 4.69) is 13.8 Å². The van der Waals surface area contributed by atoms with Crippen molar-refractivity contribution in [1.82, 2.24) is 0 Å². The van der Waals surface area contributed by atoms with Gasteiger partial charge in [0.25, 0.3) is 0 Å². The van der Waals surface area contributed by atoms with Gasteiger partial charge in [0.05, 0.1) is 6.61 Å². The number of ether oxygens (including phenoxy) is 2. The van der Waals surface area contributed by atoms with E-state index >= 15 is 0 Å². The summed E-state index contributed by atoms with van der Waals surface area (Å²) in [7, 11) is -5.02. The number of phosphoric ester groups is 1. The SMILES string of the molecule is CCC(=O)OC(COC(C)=O)COP(=O)(O)OC1C(O)C(O)C(O)C(O)C1O. The molecule has 1 saturated carbocycles. The van der Waals surface area contributed by atoms with Gasteiger partial charge in [0.2, 0.25) is 0 Å². The van der Waals surface area contributed by atoms with Gasteiger partial charge in [0.1, 0.15) is 43.2 Å². The van der Waals surface area contributed by atoms with Crippen LogP contribution in [-0.2, 0) is 32.7 Å². The van der Waals surface area contributed by atoms with Crippen LogP contribution in [0.2, 0.25) is 0 Å². The molecule has 13 nitrogen and oxygen atoms in total. The summed E-state index contributed by atoms with van der Waals surface area (Å²) in [6.45, 7) is 1.36. The number of esters is 2. The molecule has 0 aromatic rings. The van der Waals surface area contributed by atoms with Gasteiger partial charge < -0.3 is 39.9 Å². The molecular weight excluding hydrogens is 407 g/mol. The van der Waals surface area contributed by atoms with Crippen LogP contribution >= 0.6 is 7.82 Å². The van der Waals surface area contributed by atoms with Crippen molar-refractivity contribution in [2.75, 3.05) is 13.2 Å². The van der Waals surface area contributed by atoms with Crippen LogP contribution in [0, 0.1) is 0 Å². The summed E-state index contributed by atoms with van der Waals surface area (Å²) < 4.78 is 30.9. The number of aliphatic hydroxyl groups is 5. The molecule has 0 saturated heterocycles. The van der Waals surface area contributed by atoms with Crippen LogP contribution < -0.4 is 0 Å². The fraction of sp³-hybridized carbons (Fsp3) is 0.857. The molecule has 6 atom stereocenters. The highest BCUT2D eigenvalue weighted by molar-refractivity contribution is 7.47. The minimum Gasteiger partial charge on any atom is -0.462 e. The molecule has 0 aliphatic heterocycles. The zero-order valence-electron chi connectivity index (χ0n) is 15.2. The highest BCUT2D eigenvalue weighted by atomic mass is 31.2. The minimum atomic E-state index is -5.02. The van der Waals surface area contributed by atoms with Crippen LogP contribution in [0.15, 0.2) is 0 Å². The number of carbonyl (C=O) groups is 2. The topological polar surface area (TPSA) is 210 Å². The van der Waals surface area contributed by atoms with Crippen molar-refractivity contribution in [1.29, 1.82) is 0 Å². The number of rotatable bonds is 9. The molecule has 0 spiro atoms. The summed E-state index contributed by atoms with van der Waals surface area (Å²) in [6, 6.07) is 0. The third kappa shape index (κ3) is 7.03. The van der Waals surface area contributed by atoms with E-state index in [9.17, 15) is 44.6 Å². The van der Waals surface area contributed by atoms with Crippen molar-refractivity contribution < 1.29 is 63.1 Å². The molecule has 28 heavy (non-hydrogen) atoms. The predicted molar refractivity (Wildman–Crippen MR) is 87.5 cm³/mol. The predicted octanol–water partition coefficient (Wildman–Crippen LogP) is -2.81. The van der Waals surface area contributed by atoms with Crippen LogP contribution in [-0.4, -0.2) is 98.3 Å². The summed E-state index contributed by atoms with van der Waals surface area (Å²) >= 11 is 0. The molecule has 1 fully saturated rings. The largest absolute Gasteiger partial charge is 0.472 e. The Bertz CT molecular complexity index is 568. The van der Waals surface area contributed by atoms with Gasteiger partial charge in [-0.05, 0) is 0 Å². The van der Waals surface area contributed by atoms with E-state index in [1.165, 1.54) is 6.92 Å². The number of hydrogen-bond acceptors (Lipinski definition) is 12. The van der Waals surface area contributed by atoms with Gasteiger partial charge in [-0.3, -0.25) is 18.6 Å². The van der Waals surface area contributed by atoms with Gasteiger partial charge in [0.15, 0.2) is 6.10 Å². The lowest BCUT2D eigenvalue weighted by Crippen LogP contribution is -2.64. The Morgan fingerprint density at radius 2 is 1.46 bits per heavy atom. The number of hydrogen-bond donors (Lipinski definition) is 6. The Kier molecular flexibility index (Phi) is 9.40. The summed E-state index contributed by atoms with van der Waals surface area (Å²) in [6.07, 6.45) is -13.1. The Hall–Kier alpha value is -1.15. The Morgan fingerprint density at radius 3 is 1.93 bits per heavy atom. The van der Waals surface area contributed by atoms with E-state index < -0.39 is 75.7 Å². The van der Waals surface area contributed by atoms with Crippen molar-refractivity contribution in [2.45, 2.75) is 63.0 Å². The number of carbonyl (C=O) groups excluding carboxylic acids is 2. The van der Waals surface area contributed by atoms with Gasteiger partial charge in [-0.25, -0.2) is 4.57 Å². The second-order valence-corrected chi connectivity index (χ2v) is 7.46. The first-order valence-electron chi connectivity index (χ1n) is 8.28. The van der Waals surface area contributed by atoms with E-state index in [4.69, 9.17) is 4.74 Å². The van der Waals surface area contributed by atoms with Crippen molar-refractivity contribution in [3.63, 3.8) is 0 Å². The summed E-state index contributed by atoms with van der Waals surface area (Å²) in [5, 5.41) is 48.3. The molecule has 0 radical (unpaired) electrons. The van der Waals surface area contributed by atoms with Gasteiger partial charge in [0, 0.05) is 13.3 Å². The quantitative estimate of drug-likeness (QED) is 0.161. The monoisotopic (exact) mass is 432 g/mol. The maximum absolute atomic E-state index is 12.1. The Morgan fingerprint density at radius 1 is 0.964 bits per heavy atom. The Labute approximate surface area is 160 Å². The summed E-state index contributed by atoms with van der Waals surface area (Å²) in [5.41, 5.74) is 0. The van der Waals surface area contributed by atoms with Crippen LogP contribution in [0.4, 0.5) is 0 Å². The highest BCUT2D eigenvalue weighted by Gasteiger charge is 2.51. The molecule has 1 rings (SSSR count). The fourth-order valence-electron chi connectivity index (χ4n) is 2.28. The van der Waals surface area contributed by atoms with E-state index in [1.807, 2.05) is 0 Å². The minimum absolute atomic E-state index is 0.0254. The van der Waals surface area contributed by atoms with E-state index in [1.54, 1.807) is 0 Å². The molecular formula is C14H25O13P. The summed E-state index contributed by atoms with van der Waals surface area (Å²) in [5.74, 6) is -1.40. The number of phosphoric acid groups is 1. The maximum Gasteiger partial charge on any atom is 0.472 e. The first-order valence-corrected chi connectivity index (χ1v) is 9.78. The smallest absolute Gasteiger partial charge is 0.462 e. The molecule has 1 aliphatic carbocycles. The van der Waals surface area contributed by atoms with Gasteiger partial charge in [-0.2, -0.15) is 0 Å². The molecule has 6 unspecified atom stereocenters. The van der Waals surface area contributed by atoms with Crippen LogP contribution in [0.5, 0.6) is 0 Å². The van der Waals surface area contributed by atoms with Crippen molar-refractivity contribution in [3.05, 3.63) is 0 Å². The average Bonchev–Trinajstić information content (AvgIpc) is 2.63. The standard InChI is InChI=1S/C14H25O13P/c1-3-8(16)26-7(4-24-6(2)15)5-25-28(22,23)27-14-12(20)10(18)9(17)11(19)13(14)21/h7,9-14,17-21H,3-5H2,1-2H3,(H,22,23). The second-order valence-electron chi connectivity index (χ2n) is 6.06. The normalized spacial score (nSPS) is 33.6. The lowest BCUT2D eigenvalue weighted by Gasteiger charge is -2.41. The second kappa shape index (κ2) is 10.6. The molecule has 1 aliphatic rings. The third-order valence-corrected chi connectivity index (χ3v) is 4.80. The van der Waals surface area contributed by atoms with E-state index in [0.29, 0.717) is 0 Å². The first kappa shape index (κ1) is 24.9. The van der Waals surface area contributed by atoms with E-state index in [0.717, 1.165) is 6.92 Å². The van der Waals surface area contributed by atoms with Gasteiger partial charge in [-0.1, -0.05) is 6.92 Å². The van der Waals surface area contributed by atoms with Crippen molar-refractivity contribution >= 4 is 19.8 Å². The molecule has 6 N–H and O–H groups in total. The van der Waals surface area contributed by atoms with Crippen LogP contribution in [0.1, 0.15) is 20.3 Å². The first-order chi connectivity index (χ1) is 12.9. The third-order valence-electron chi connectivity index (χ3n) is 3.81. The molecule has 0 bridgehead atoms. The van der Waals surface area contributed by atoms with Gasteiger partial charge in [-0.15, -0.1) is 0 Å². The van der Waals surface area contributed by atoms with Gasteiger partial charge >= 0.3 is 19.8 Å². The zero-order chi connectivity index (χ0) is 21.6. The lowest BCUT2D eigenvalue weighted by atomic mass is 9.85. The molecule has 0 amide bonds. The molecule has 0 aromatic heterocycles. The molecule has 164 valence electrons. The Balaban J connectivity index is 2.75. The summed E-state index contributed by atoms with van der Waals surface area (Å²) in [4.78, 5) is 32.0. The zero-order valence-corrected chi connectivity index (χ0v) is 16.0. The van der Waals surface area contributed by atoms with E-state index in [-0.39, 0.29) is 6.42 Å². The highest BCUT2D eigenvalue weighted by Crippen LogP contribution is 2.47. The lowest BCUT2D eigenvalue weighted by molar-refractivity contribution is -0.220. The van der Waals surface area contributed by atoms with Crippen LogP contribution in [0.25, 0.3) is 0 Å². The maximum atomic E-state index is 12.1. The van der Waals surface area contributed by atoms with Crippen LogP contribution in [0.3, 0.4) is 0 Å².